The van der Waals surface area contributed by atoms with Crippen LogP contribution in [0, 0.1) is 0 Å². The van der Waals surface area contributed by atoms with Gasteiger partial charge in [0, 0.05) is 48.6 Å². The molecule has 188 valence electrons. The van der Waals surface area contributed by atoms with E-state index in [1.54, 1.807) is 48.5 Å². The molecular weight excluding hydrogens is 490 g/mol. The Morgan fingerprint density at radius 3 is 2.41 bits per heavy atom. The van der Waals surface area contributed by atoms with Crippen molar-refractivity contribution in [2.75, 3.05) is 36.4 Å². The number of amides is 2. The maximum absolute atomic E-state index is 13.1. The van der Waals surface area contributed by atoms with Crippen LogP contribution < -0.4 is 15.8 Å². The normalized spacial score (nSPS) is 13.6. The topological polar surface area (TPSA) is 82.9 Å². The second kappa shape index (κ2) is 10.5. The van der Waals surface area contributed by atoms with E-state index in [9.17, 15) is 14.4 Å². The number of hydrogen-bond acceptors (Lipinski definition) is 5. The van der Waals surface area contributed by atoms with Gasteiger partial charge < -0.3 is 19.5 Å². The van der Waals surface area contributed by atoms with Crippen molar-refractivity contribution < 1.29 is 14.0 Å². The number of halogens is 1. The second-order valence-corrected chi connectivity index (χ2v) is 9.34. The number of para-hydroxylation sites is 1. The zero-order valence-electron chi connectivity index (χ0n) is 20.4. The van der Waals surface area contributed by atoms with Gasteiger partial charge >= 0.3 is 5.63 Å². The fraction of sp³-hybridized carbons (Fsp3) is 0.207. The smallest absolute Gasteiger partial charge is 0.344 e. The van der Waals surface area contributed by atoms with E-state index in [0.717, 1.165) is 11.1 Å². The van der Waals surface area contributed by atoms with Crippen LogP contribution in [-0.2, 0) is 4.79 Å². The van der Waals surface area contributed by atoms with Gasteiger partial charge in [0.1, 0.15) is 5.58 Å². The number of rotatable bonds is 5. The molecule has 1 aromatic heterocycles. The maximum Gasteiger partial charge on any atom is 0.344 e. The van der Waals surface area contributed by atoms with Gasteiger partial charge in [0.05, 0.1) is 16.9 Å². The Kier molecular flexibility index (Phi) is 6.97. The van der Waals surface area contributed by atoms with Crippen molar-refractivity contribution in [2.24, 2.45) is 0 Å². The van der Waals surface area contributed by atoms with Gasteiger partial charge in [-0.15, -0.1) is 0 Å². The molecule has 1 aliphatic rings. The van der Waals surface area contributed by atoms with Gasteiger partial charge in [0.2, 0.25) is 5.91 Å². The molecule has 1 fully saturated rings. The Balaban J connectivity index is 1.34. The van der Waals surface area contributed by atoms with E-state index in [1.165, 1.54) is 0 Å². The highest BCUT2D eigenvalue weighted by Crippen LogP contribution is 2.31. The molecule has 5 rings (SSSR count). The number of nitrogens with zero attached hydrogens (tertiary/aromatic N) is 2. The van der Waals surface area contributed by atoms with Gasteiger partial charge in [-0.05, 0) is 48.0 Å². The Labute approximate surface area is 219 Å². The van der Waals surface area contributed by atoms with Gasteiger partial charge in [0.25, 0.3) is 5.91 Å². The predicted octanol–water partition coefficient (Wildman–Crippen LogP) is 5.42. The zero-order valence-corrected chi connectivity index (χ0v) is 21.1. The molecule has 2 heterocycles. The molecule has 1 aliphatic heterocycles. The molecule has 0 radical (unpaired) electrons. The Hall–Kier alpha value is -4.10. The lowest BCUT2D eigenvalue weighted by Gasteiger charge is -2.37. The number of nitrogens with one attached hydrogen (secondary N) is 1. The molecule has 1 N–H and O–H groups in total. The molecule has 0 aliphatic carbocycles. The zero-order chi connectivity index (χ0) is 25.9. The van der Waals surface area contributed by atoms with E-state index in [1.807, 2.05) is 36.1 Å². The third-order valence-corrected chi connectivity index (χ3v) is 6.82. The van der Waals surface area contributed by atoms with Crippen molar-refractivity contribution in [1.29, 1.82) is 0 Å². The summed E-state index contributed by atoms with van der Waals surface area (Å²) in [4.78, 5) is 41.7. The van der Waals surface area contributed by atoms with Crippen molar-refractivity contribution in [2.45, 2.75) is 13.3 Å². The third kappa shape index (κ3) is 5.22. The van der Waals surface area contributed by atoms with Crippen LogP contribution in [0.1, 0.15) is 23.7 Å². The molecule has 0 bridgehead atoms. The Morgan fingerprint density at radius 1 is 0.946 bits per heavy atom. The summed E-state index contributed by atoms with van der Waals surface area (Å²) in [6.07, 6.45) is 0.493. The first kappa shape index (κ1) is 24.6. The monoisotopic (exact) mass is 515 g/mol. The van der Waals surface area contributed by atoms with E-state index in [0.29, 0.717) is 65.6 Å². The minimum atomic E-state index is -0.430. The van der Waals surface area contributed by atoms with E-state index >= 15 is 0 Å². The number of fused-ring (bicyclic) bond motifs is 1. The summed E-state index contributed by atoms with van der Waals surface area (Å²) >= 11 is 6.25. The van der Waals surface area contributed by atoms with Gasteiger partial charge in [-0.2, -0.15) is 0 Å². The largest absolute Gasteiger partial charge is 0.422 e. The van der Waals surface area contributed by atoms with Crippen LogP contribution in [0.4, 0.5) is 11.4 Å². The Morgan fingerprint density at radius 2 is 1.68 bits per heavy atom. The highest BCUT2D eigenvalue weighted by molar-refractivity contribution is 6.31. The summed E-state index contributed by atoms with van der Waals surface area (Å²) < 4.78 is 5.44. The molecule has 8 heteroatoms. The summed E-state index contributed by atoms with van der Waals surface area (Å²) in [5.74, 6) is -0.144. The lowest BCUT2D eigenvalue weighted by Crippen LogP contribution is -2.48. The second-order valence-electron chi connectivity index (χ2n) is 8.90. The average Bonchev–Trinajstić information content (AvgIpc) is 2.92. The number of benzene rings is 3. The van der Waals surface area contributed by atoms with Crippen molar-refractivity contribution >= 4 is 45.8 Å². The molecule has 37 heavy (non-hydrogen) atoms. The van der Waals surface area contributed by atoms with Crippen LogP contribution >= 0.6 is 11.6 Å². The van der Waals surface area contributed by atoms with Crippen LogP contribution in [0.15, 0.2) is 82.0 Å². The molecule has 2 amide bonds. The first-order valence-corrected chi connectivity index (χ1v) is 12.6. The van der Waals surface area contributed by atoms with E-state index in [-0.39, 0.29) is 11.8 Å². The minimum Gasteiger partial charge on any atom is -0.422 e. The molecule has 0 unspecified atom stereocenters. The van der Waals surface area contributed by atoms with Crippen molar-refractivity contribution in [1.82, 2.24) is 4.90 Å². The first-order valence-electron chi connectivity index (χ1n) is 12.2. The maximum atomic E-state index is 13.1. The highest BCUT2D eigenvalue weighted by atomic mass is 35.5. The summed E-state index contributed by atoms with van der Waals surface area (Å²) in [7, 11) is 0. The molecule has 0 atom stereocenters. The fourth-order valence-corrected chi connectivity index (χ4v) is 4.74. The third-order valence-electron chi connectivity index (χ3n) is 6.58. The van der Waals surface area contributed by atoms with Gasteiger partial charge in [-0.1, -0.05) is 48.9 Å². The quantitative estimate of drug-likeness (QED) is 0.359. The van der Waals surface area contributed by atoms with Crippen LogP contribution in [0.25, 0.3) is 22.1 Å². The van der Waals surface area contributed by atoms with Crippen molar-refractivity contribution in [3.05, 3.63) is 93.8 Å². The minimum absolute atomic E-state index is 0.147. The lowest BCUT2D eigenvalue weighted by molar-refractivity contribution is -0.131. The van der Waals surface area contributed by atoms with Crippen LogP contribution in [0.2, 0.25) is 5.02 Å². The Bertz CT molecular complexity index is 1520. The number of anilines is 2. The van der Waals surface area contributed by atoms with Gasteiger partial charge in [-0.3, -0.25) is 9.59 Å². The van der Waals surface area contributed by atoms with E-state index in [4.69, 9.17) is 16.0 Å². The molecule has 3 aromatic carbocycles. The summed E-state index contributed by atoms with van der Waals surface area (Å²) in [6.45, 7) is 4.46. The highest BCUT2D eigenvalue weighted by Gasteiger charge is 2.22. The predicted molar refractivity (Wildman–Crippen MR) is 146 cm³/mol. The molecular formula is C29H26ClN3O4. The molecule has 0 saturated carbocycles. The average molecular weight is 516 g/mol. The summed E-state index contributed by atoms with van der Waals surface area (Å²) in [5, 5.41) is 4.32. The molecule has 7 nitrogen and oxygen atoms in total. The first-order chi connectivity index (χ1) is 17.9. The number of carbonyl (C=O) groups is 2. The van der Waals surface area contributed by atoms with Crippen LogP contribution in [0.5, 0.6) is 0 Å². The fourth-order valence-electron chi connectivity index (χ4n) is 4.56. The van der Waals surface area contributed by atoms with Crippen LogP contribution in [0.3, 0.4) is 0 Å². The molecule has 0 spiro atoms. The lowest BCUT2D eigenvalue weighted by atomic mass is 10.0. The van der Waals surface area contributed by atoms with Crippen molar-refractivity contribution in [3.8, 4) is 11.1 Å². The summed E-state index contributed by atoms with van der Waals surface area (Å²) in [5.41, 5.74) is 3.10. The molecule has 1 saturated heterocycles. The van der Waals surface area contributed by atoms with Gasteiger partial charge in [0.15, 0.2) is 0 Å². The SMILES string of the molecule is CCC(=O)N1CCN(c2ccc(Cl)cc2NC(=O)c2ccc(-c3cc4ccccc4oc3=O)cc2)CC1. The standard InChI is InChI=1S/C29H26ClN3O4/c1-2-27(34)33-15-13-32(14-16-33)25-12-11-22(30)18-24(25)31-28(35)20-9-7-19(8-10-20)23-17-21-5-3-4-6-26(21)37-29(23)36/h3-12,17-18H,2,13-16H2,1H3,(H,31,35). The molecule has 4 aromatic rings. The van der Waals surface area contributed by atoms with Crippen molar-refractivity contribution in [3.63, 3.8) is 0 Å². The van der Waals surface area contributed by atoms with Crippen LogP contribution in [-0.4, -0.2) is 42.9 Å². The summed E-state index contributed by atoms with van der Waals surface area (Å²) in [6, 6.07) is 21.4. The van der Waals surface area contributed by atoms with E-state index in [2.05, 4.69) is 10.2 Å². The van der Waals surface area contributed by atoms with Gasteiger partial charge in [-0.25, -0.2) is 4.79 Å². The number of hydrogen-bond donors (Lipinski definition) is 1. The number of piperazine rings is 1. The number of carbonyl (C=O) groups excluding carboxylic acids is 2. The van der Waals surface area contributed by atoms with E-state index < -0.39 is 5.63 Å².